The molecule has 0 aliphatic rings. The molecular formula is C13H17N3S. The molecule has 1 aromatic heterocycles. The summed E-state index contributed by atoms with van der Waals surface area (Å²) in [7, 11) is 0. The monoisotopic (exact) mass is 247 g/mol. The van der Waals surface area contributed by atoms with Crippen LogP contribution >= 0.6 is 11.8 Å². The first kappa shape index (κ1) is 12.0. The molecule has 0 unspecified atom stereocenters. The molecule has 0 radical (unpaired) electrons. The normalized spacial score (nSPS) is 10.8. The van der Waals surface area contributed by atoms with Gasteiger partial charge in [-0.05, 0) is 37.3 Å². The van der Waals surface area contributed by atoms with Crippen LogP contribution in [0.5, 0.6) is 0 Å². The summed E-state index contributed by atoms with van der Waals surface area (Å²) in [6, 6.07) is 8.57. The highest BCUT2D eigenvalue weighted by Gasteiger charge is 2.11. The van der Waals surface area contributed by atoms with Gasteiger partial charge in [0.15, 0.2) is 0 Å². The van der Waals surface area contributed by atoms with Gasteiger partial charge in [-0.15, -0.1) is 11.8 Å². The fourth-order valence-electron chi connectivity index (χ4n) is 1.97. The lowest BCUT2D eigenvalue weighted by atomic mass is 10.0. The number of benzene rings is 1. The van der Waals surface area contributed by atoms with Crippen molar-refractivity contribution in [2.45, 2.75) is 25.7 Å². The summed E-state index contributed by atoms with van der Waals surface area (Å²) in [5.74, 6) is 6.85. The molecule has 0 fully saturated rings. The van der Waals surface area contributed by atoms with Gasteiger partial charge >= 0.3 is 0 Å². The van der Waals surface area contributed by atoms with E-state index in [1.165, 1.54) is 15.2 Å². The molecule has 2 N–H and O–H groups in total. The lowest BCUT2D eigenvalue weighted by Gasteiger charge is -2.04. The van der Waals surface area contributed by atoms with Gasteiger partial charge in [0.1, 0.15) is 0 Å². The van der Waals surface area contributed by atoms with Gasteiger partial charge < -0.3 is 5.84 Å². The maximum absolute atomic E-state index is 5.76. The Morgan fingerprint density at radius 1 is 1.24 bits per heavy atom. The minimum atomic E-state index is 0.973. The Hall–Kier alpha value is -1.42. The lowest BCUT2D eigenvalue weighted by Crippen LogP contribution is -2.11. The molecule has 0 saturated carbocycles. The van der Waals surface area contributed by atoms with E-state index in [0.29, 0.717) is 0 Å². The Morgan fingerprint density at radius 3 is 2.35 bits per heavy atom. The number of nitrogens with zero attached hydrogens (tertiary/aromatic N) is 2. The molecule has 3 nitrogen and oxygen atoms in total. The van der Waals surface area contributed by atoms with Crippen LogP contribution < -0.4 is 5.84 Å². The van der Waals surface area contributed by atoms with Crippen molar-refractivity contribution in [1.82, 2.24) is 9.89 Å². The largest absolute Gasteiger partial charge is 0.323 e. The summed E-state index contributed by atoms with van der Waals surface area (Å²) in [5, 5.41) is 4.23. The van der Waals surface area contributed by atoms with Crippen molar-refractivity contribution in [2.75, 3.05) is 11.6 Å². The van der Waals surface area contributed by atoms with Crippen LogP contribution in [0.25, 0.3) is 11.1 Å². The zero-order chi connectivity index (χ0) is 12.4. The van der Waals surface area contributed by atoms with Crippen molar-refractivity contribution >= 4 is 11.8 Å². The zero-order valence-corrected chi connectivity index (χ0v) is 11.2. The number of aryl methyl sites for hydroxylation is 1. The number of hydrogen-bond acceptors (Lipinski definition) is 3. The lowest BCUT2D eigenvalue weighted by molar-refractivity contribution is 0.789. The summed E-state index contributed by atoms with van der Waals surface area (Å²) >= 11 is 1.85. The van der Waals surface area contributed by atoms with E-state index in [2.05, 4.69) is 36.3 Å². The van der Waals surface area contributed by atoms with E-state index in [9.17, 15) is 0 Å². The van der Waals surface area contributed by atoms with E-state index in [1.54, 1.807) is 0 Å². The van der Waals surface area contributed by atoms with Crippen LogP contribution in [0.15, 0.2) is 29.2 Å². The number of hydrogen-bond donors (Lipinski definition) is 1. The van der Waals surface area contributed by atoms with Gasteiger partial charge in [-0.25, -0.2) is 0 Å². The predicted molar refractivity (Wildman–Crippen MR) is 73.7 cm³/mol. The van der Waals surface area contributed by atoms with Gasteiger partial charge in [-0.1, -0.05) is 19.1 Å². The molecule has 1 aromatic carbocycles. The standard InChI is InChI=1S/C13H17N3S/c1-4-17-12-7-5-11(6-8-12)13-9(2)15-16(14)10(13)3/h5-8H,4,14H2,1-3H3. The number of nitrogens with two attached hydrogens (primary N) is 1. The van der Waals surface area contributed by atoms with Gasteiger partial charge in [-0.3, -0.25) is 0 Å². The minimum Gasteiger partial charge on any atom is -0.323 e. The van der Waals surface area contributed by atoms with Crippen molar-refractivity contribution in [3.63, 3.8) is 0 Å². The summed E-state index contributed by atoms with van der Waals surface area (Å²) < 4.78 is 0. The van der Waals surface area contributed by atoms with Gasteiger partial charge in [0.2, 0.25) is 0 Å². The van der Waals surface area contributed by atoms with Crippen molar-refractivity contribution in [2.24, 2.45) is 0 Å². The Kier molecular flexibility index (Phi) is 3.43. The first-order chi connectivity index (χ1) is 8.13. The fourth-order valence-corrected chi connectivity index (χ4v) is 2.63. The van der Waals surface area contributed by atoms with Gasteiger partial charge in [0.05, 0.1) is 11.4 Å². The Morgan fingerprint density at radius 2 is 1.88 bits per heavy atom. The molecule has 4 heteroatoms. The van der Waals surface area contributed by atoms with Crippen LogP contribution in [0.3, 0.4) is 0 Å². The molecule has 0 saturated heterocycles. The Labute approximate surface area is 106 Å². The second-order valence-electron chi connectivity index (χ2n) is 3.95. The van der Waals surface area contributed by atoms with Gasteiger partial charge in [0, 0.05) is 10.5 Å². The third kappa shape index (κ3) is 2.31. The quantitative estimate of drug-likeness (QED) is 0.670. The highest BCUT2D eigenvalue weighted by Crippen LogP contribution is 2.28. The number of aromatic nitrogens is 2. The smallest absolute Gasteiger partial charge is 0.0695 e. The molecule has 0 bridgehead atoms. The maximum atomic E-state index is 5.76. The highest BCUT2D eigenvalue weighted by molar-refractivity contribution is 7.99. The average Bonchev–Trinajstić information content (AvgIpc) is 2.55. The Balaban J connectivity index is 2.39. The van der Waals surface area contributed by atoms with Crippen LogP contribution in [0.2, 0.25) is 0 Å². The molecule has 0 spiro atoms. The van der Waals surface area contributed by atoms with Crippen LogP contribution in [0.4, 0.5) is 0 Å². The molecule has 17 heavy (non-hydrogen) atoms. The van der Waals surface area contributed by atoms with Crippen LogP contribution in [0, 0.1) is 13.8 Å². The summed E-state index contributed by atoms with van der Waals surface area (Å²) in [5.41, 5.74) is 4.29. The van der Waals surface area contributed by atoms with Crippen LogP contribution in [-0.4, -0.2) is 15.6 Å². The number of thioether (sulfide) groups is 1. The van der Waals surface area contributed by atoms with E-state index >= 15 is 0 Å². The van der Waals surface area contributed by atoms with Crippen molar-refractivity contribution in [3.05, 3.63) is 35.7 Å². The molecule has 0 amide bonds. The molecule has 0 atom stereocenters. The molecule has 0 aliphatic carbocycles. The molecule has 2 aromatic rings. The summed E-state index contributed by atoms with van der Waals surface area (Å²) in [6.07, 6.45) is 0. The average molecular weight is 247 g/mol. The zero-order valence-electron chi connectivity index (χ0n) is 10.4. The van der Waals surface area contributed by atoms with Crippen LogP contribution in [0.1, 0.15) is 18.3 Å². The fraction of sp³-hybridized carbons (Fsp3) is 0.308. The molecular weight excluding hydrogens is 230 g/mol. The summed E-state index contributed by atoms with van der Waals surface area (Å²) in [4.78, 5) is 2.74. The van der Waals surface area contributed by atoms with Gasteiger partial charge in [0.25, 0.3) is 0 Å². The predicted octanol–water partition coefficient (Wildman–Crippen LogP) is 2.99. The summed E-state index contributed by atoms with van der Waals surface area (Å²) in [6.45, 7) is 6.13. The molecule has 2 rings (SSSR count). The topological polar surface area (TPSA) is 43.8 Å². The third-order valence-electron chi connectivity index (χ3n) is 2.78. The SMILES string of the molecule is CCSc1ccc(-c2c(C)nn(N)c2C)cc1. The second kappa shape index (κ2) is 4.84. The number of rotatable bonds is 3. The van der Waals surface area contributed by atoms with Crippen molar-refractivity contribution < 1.29 is 0 Å². The first-order valence-electron chi connectivity index (χ1n) is 5.68. The maximum Gasteiger partial charge on any atom is 0.0695 e. The van der Waals surface area contributed by atoms with E-state index in [0.717, 1.165) is 22.7 Å². The second-order valence-corrected chi connectivity index (χ2v) is 5.29. The minimum absolute atomic E-state index is 0.973. The molecule has 90 valence electrons. The Bertz CT molecular complexity index is 514. The van der Waals surface area contributed by atoms with E-state index < -0.39 is 0 Å². The van der Waals surface area contributed by atoms with Crippen LogP contribution in [-0.2, 0) is 0 Å². The van der Waals surface area contributed by atoms with Crippen molar-refractivity contribution in [1.29, 1.82) is 0 Å². The number of nitrogen functional groups attached to an aromatic ring is 1. The molecule has 0 aliphatic heterocycles. The van der Waals surface area contributed by atoms with E-state index in [1.807, 2.05) is 25.6 Å². The first-order valence-corrected chi connectivity index (χ1v) is 6.66. The highest BCUT2D eigenvalue weighted by atomic mass is 32.2. The van der Waals surface area contributed by atoms with E-state index in [-0.39, 0.29) is 0 Å². The van der Waals surface area contributed by atoms with Crippen molar-refractivity contribution in [3.8, 4) is 11.1 Å². The molecule has 1 heterocycles. The third-order valence-corrected chi connectivity index (χ3v) is 3.67. The van der Waals surface area contributed by atoms with E-state index in [4.69, 9.17) is 5.84 Å². The van der Waals surface area contributed by atoms with Gasteiger partial charge in [-0.2, -0.15) is 9.89 Å².